The Kier molecular flexibility index (Phi) is 4.97. The van der Waals surface area contributed by atoms with E-state index < -0.39 is 10.8 Å². The van der Waals surface area contributed by atoms with Gasteiger partial charge in [0.1, 0.15) is 18.8 Å². The Morgan fingerprint density at radius 1 is 1.40 bits per heavy atom. The SMILES string of the molecule is N#CCN(CC#N)C(=O)c1cccc([N+](=O)[O-])c1NN. The molecule has 0 aliphatic rings. The van der Waals surface area contributed by atoms with E-state index >= 15 is 0 Å². The van der Waals surface area contributed by atoms with Crippen molar-refractivity contribution in [2.24, 2.45) is 5.84 Å². The summed E-state index contributed by atoms with van der Waals surface area (Å²) in [5, 5.41) is 28.1. The molecule has 0 aliphatic carbocycles. The summed E-state index contributed by atoms with van der Waals surface area (Å²) in [4.78, 5) is 23.3. The van der Waals surface area contributed by atoms with Crippen LogP contribution in [0.25, 0.3) is 0 Å². The van der Waals surface area contributed by atoms with E-state index in [9.17, 15) is 14.9 Å². The van der Waals surface area contributed by atoms with Crippen LogP contribution in [0.5, 0.6) is 0 Å². The van der Waals surface area contributed by atoms with Crippen molar-refractivity contribution < 1.29 is 9.72 Å². The van der Waals surface area contributed by atoms with Gasteiger partial charge in [-0.15, -0.1) is 0 Å². The molecule has 0 saturated heterocycles. The van der Waals surface area contributed by atoms with E-state index in [0.29, 0.717) is 0 Å². The van der Waals surface area contributed by atoms with Gasteiger partial charge in [0.05, 0.1) is 22.6 Å². The third kappa shape index (κ3) is 2.98. The summed E-state index contributed by atoms with van der Waals surface area (Å²) in [5.74, 6) is 4.53. The van der Waals surface area contributed by atoms with Crippen LogP contribution in [0.4, 0.5) is 11.4 Å². The highest BCUT2D eigenvalue weighted by atomic mass is 16.6. The second-order valence-corrected chi connectivity index (χ2v) is 3.58. The van der Waals surface area contributed by atoms with Gasteiger partial charge in [-0.25, -0.2) is 0 Å². The summed E-state index contributed by atoms with van der Waals surface area (Å²) in [6.07, 6.45) is 0. The Balaban J connectivity index is 3.28. The maximum absolute atomic E-state index is 12.2. The minimum absolute atomic E-state index is 0.0767. The molecule has 9 nitrogen and oxygen atoms in total. The zero-order chi connectivity index (χ0) is 15.1. The van der Waals surface area contributed by atoms with Crippen LogP contribution in [0.3, 0.4) is 0 Å². The first-order chi connectivity index (χ1) is 9.56. The lowest BCUT2D eigenvalue weighted by Crippen LogP contribution is -2.32. The Morgan fingerprint density at radius 2 is 2.00 bits per heavy atom. The zero-order valence-electron chi connectivity index (χ0n) is 10.2. The lowest BCUT2D eigenvalue weighted by molar-refractivity contribution is -0.384. The molecule has 1 aromatic rings. The number of nitriles is 2. The van der Waals surface area contributed by atoms with E-state index in [1.165, 1.54) is 18.2 Å². The van der Waals surface area contributed by atoms with Crippen molar-refractivity contribution in [3.8, 4) is 12.1 Å². The molecule has 0 spiro atoms. The highest BCUT2D eigenvalue weighted by Gasteiger charge is 2.24. The number of nitrogens with zero attached hydrogens (tertiary/aromatic N) is 4. The minimum Gasteiger partial charge on any atom is -0.318 e. The highest BCUT2D eigenvalue weighted by Crippen LogP contribution is 2.28. The van der Waals surface area contributed by atoms with Gasteiger partial charge in [0.2, 0.25) is 0 Å². The van der Waals surface area contributed by atoms with Gasteiger partial charge in [0.15, 0.2) is 0 Å². The summed E-state index contributed by atoms with van der Waals surface area (Å²) in [6, 6.07) is 7.33. The van der Waals surface area contributed by atoms with Gasteiger partial charge < -0.3 is 10.3 Å². The molecule has 0 unspecified atom stereocenters. The van der Waals surface area contributed by atoms with Crippen LogP contribution in [-0.4, -0.2) is 28.8 Å². The first-order valence-electron chi connectivity index (χ1n) is 5.34. The van der Waals surface area contributed by atoms with Crippen molar-refractivity contribution in [1.29, 1.82) is 10.5 Å². The molecule has 0 saturated carbocycles. The number of nitro groups is 1. The predicted molar refractivity (Wildman–Crippen MR) is 68.0 cm³/mol. The number of nitrogens with one attached hydrogen (secondary N) is 1. The molecule has 0 heterocycles. The number of nitrogens with two attached hydrogens (primary N) is 1. The molecular weight excluding hydrogens is 264 g/mol. The molecule has 1 aromatic carbocycles. The Hall–Kier alpha value is -3.17. The van der Waals surface area contributed by atoms with E-state index in [-0.39, 0.29) is 30.0 Å². The Bertz CT molecular complexity index is 600. The topological polar surface area (TPSA) is 149 Å². The van der Waals surface area contributed by atoms with Crippen LogP contribution in [-0.2, 0) is 0 Å². The third-order valence-corrected chi connectivity index (χ3v) is 2.42. The molecule has 1 rings (SSSR count). The van der Waals surface area contributed by atoms with Crippen LogP contribution in [0.15, 0.2) is 18.2 Å². The number of hydrazine groups is 1. The number of benzene rings is 1. The van der Waals surface area contributed by atoms with E-state index in [1.54, 1.807) is 12.1 Å². The summed E-state index contributed by atoms with van der Waals surface area (Å²) < 4.78 is 0. The van der Waals surface area contributed by atoms with Crippen LogP contribution >= 0.6 is 0 Å². The Labute approximate surface area is 113 Å². The molecule has 0 bridgehead atoms. The van der Waals surface area contributed by atoms with Crippen LogP contribution < -0.4 is 11.3 Å². The number of para-hydroxylation sites is 1. The van der Waals surface area contributed by atoms with Crippen molar-refractivity contribution in [3.63, 3.8) is 0 Å². The number of carbonyl (C=O) groups excluding carboxylic acids is 1. The summed E-state index contributed by atoms with van der Waals surface area (Å²) in [7, 11) is 0. The second-order valence-electron chi connectivity index (χ2n) is 3.58. The smallest absolute Gasteiger partial charge is 0.294 e. The molecule has 0 atom stereocenters. The number of anilines is 1. The number of carbonyl (C=O) groups is 1. The average Bonchev–Trinajstić information content (AvgIpc) is 2.45. The van der Waals surface area contributed by atoms with Crippen molar-refractivity contribution in [2.45, 2.75) is 0 Å². The molecule has 0 fully saturated rings. The van der Waals surface area contributed by atoms with E-state index in [0.717, 1.165) is 4.90 Å². The maximum atomic E-state index is 12.2. The molecular formula is C11H10N6O3. The van der Waals surface area contributed by atoms with Gasteiger partial charge in [0, 0.05) is 6.07 Å². The average molecular weight is 274 g/mol. The normalized spacial score (nSPS) is 9.15. The van der Waals surface area contributed by atoms with Gasteiger partial charge in [-0.05, 0) is 6.07 Å². The molecule has 1 amide bonds. The Morgan fingerprint density at radius 3 is 2.45 bits per heavy atom. The number of rotatable bonds is 5. The van der Waals surface area contributed by atoms with E-state index in [4.69, 9.17) is 16.4 Å². The number of hydrogen-bond donors (Lipinski definition) is 2. The van der Waals surface area contributed by atoms with E-state index in [2.05, 4.69) is 5.43 Å². The van der Waals surface area contributed by atoms with Crippen LogP contribution in [0.1, 0.15) is 10.4 Å². The van der Waals surface area contributed by atoms with Crippen molar-refractivity contribution in [2.75, 3.05) is 18.5 Å². The monoisotopic (exact) mass is 274 g/mol. The molecule has 3 N–H and O–H groups in total. The molecule has 0 aliphatic heterocycles. The van der Waals surface area contributed by atoms with Crippen molar-refractivity contribution in [1.82, 2.24) is 4.90 Å². The second kappa shape index (κ2) is 6.68. The fourth-order valence-corrected chi connectivity index (χ4v) is 1.56. The standard InChI is InChI=1S/C11H10N6O3/c12-4-6-16(7-5-13)11(18)8-2-1-3-9(17(19)20)10(8)15-14/h1-3,15H,6-7,14H2. The van der Waals surface area contributed by atoms with Crippen molar-refractivity contribution >= 4 is 17.3 Å². The number of amides is 1. The molecule has 20 heavy (non-hydrogen) atoms. The predicted octanol–water partition coefficient (Wildman–Crippen LogP) is 0.370. The van der Waals surface area contributed by atoms with Gasteiger partial charge in [-0.1, -0.05) is 6.07 Å². The summed E-state index contributed by atoms with van der Waals surface area (Å²) in [5.41, 5.74) is 1.50. The number of hydrogen-bond acceptors (Lipinski definition) is 7. The molecule has 9 heteroatoms. The molecule has 102 valence electrons. The van der Waals surface area contributed by atoms with E-state index in [1.807, 2.05) is 0 Å². The lowest BCUT2D eigenvalue weighted by Gasteiger charge is -2.17. The quantitative estimate of drug-likeness (QED) is 0.341. The van der Waals surface area contributed by atoms with Crippen LogP contribution in [0.2, 0.25) is 0 Å². The fourth-order valence-electron chi connectivity index (χ4n) is 1.56. The minimum atomic E-state index is -0.690. The first kappa shape index (κ1) is 14.9. The van der Waals surface area contributed by atoms with Crippen LogP contribution in [0, 0.1) is 32.8 Å². The van der Waals surface area contributed by atoms with Gasteiger partial charge in [-0.3, -0.25) is 20.8 Å². The maximum Gasteiger partial charge on any atom is 0.294 e. The first-order valence-corrected chi connectivity index (χ1v) is 5.34. The summed E-state index contributed by atoms with van der Waals surface area (Å²) >= 11 is 0. The molecule has 0 aromatic heterocycles. The lowest BCUT2D eigenvalue weighted by atomic mass is 10.1. The van der Waals surface area contributed by atoms with Gasteiger partial charge in [0.25, 0.3) is 11.6 Å². The number of nitrogen functional groups attached to an aromatic ring is 1. The van der Waals surface area contributed by atoms with Crippen molar-refractivity contribution in [3.05, 3.63) is 33.9 Å². The largest absolute Gasteiger partial charge is 0.318 e. The number of nitro benzene ring substituents is 1. The van der Waals surface area contributed by atoms with Gasteiger partial charge in [-0.2, -0.15) is 10.5 Å². The third-order valence-electron chi connectivity index (χ3n) is 2.42. The zero-order valence-corrected chi connectivity index (χ0v) is 10.2. The highest BCUT2D eigenvalue weighted by molar-refractivity contribution is 6.01. The summed E-state index contributed by atoms with van der Waals surface area (Å²) in [6.45, 7) is -0.613. The molecule has 0 radical (unpaired) electrons. The van der Waals surface area contributed by atoms with Gasteiger partial charge >= 0.3 is 0 Å². The fraction of sp³-hybridized carbons (Fsp3) is 0.182.